The van der Waals surface area contributed by atoms with Crippen LogP contribution < -0.4 is 10.1 Å². The Morgan fingerprint density at radius 3 is 2.74 bits per heavy atom. The van der Waals surface area contributed by atoms with Gasteiger partial charge in [0.15, 0.2) is 0 Å². The van der Waals surface area contributed by atoms with Crippen molar-refractivity contribution in [2.45, 2.75) is 64.0 Å². The number of nitrogens with one attached hydrogen (secondary N) is 1. The third-order valence-electron chi connectivity index (χ3n) is 4.23. The lowest BCUT2D eigenvalue weighted by molar-refractivity contribution is 0.258. The smallest absolute Gasteiger partial charge is 0.122 e. The Bertz CT molecular complexity index is 385. The van der Waals surface area contributed by atoms with Crippen molar-refractivity contribution in [3.8, 4) is 5.75 Å². The molecular weight excluding hydrogens is 234 g/mol. The molecule has 1 aliphatic rings. The first-order valence-electron chi connectivity index (χ1n) is 7.63. The Kier molecular flexibility index (Phi) is 5.26. The third-order valence-corrected chi connectivity index (χ3v) is 4.23. The fourth-order valence-electron chi connectivity index (χ4n) is 3.01. The lowest BCUT2D eigenvalue weighted by Crippen LogP contribution is -2.44. The summed E-state index contributed by atoms with van der Waals surface area (Å²) in [5.74, 6) is 1.72. The van der Waals surface area contributed by atoms with Gasteiger partial charge in [0, 0.05) is 12.1 Å². The van der Waals surface area contributed by atoms with Crippen LogP contribution in [0.5, 0.6) is 5.75 Å². The lowest BCUT2D eigenvalue weighted by atomic mass is 9.75. The molecule has 1 atom stereocenters. The van der Waals surface area contributed by atoms with Gasteiger partial charge in [0.25, 0.3) is 0 Å². The number of ether oxygens (including phenoxy) is 1. The highest BCUT2D eigenvalue weighted by atomic mass is 16.5. The molecule has 0 amide bonds. The van der Waals surface area contributed by atoms with E-state index in [1.165, 1.54) is 37.7 Å². The van der Waals surface area contributed by atoms with Crippen LogP contribution in [0.1, 0.15) is 57.4 Å². The Hall–Kier alpha value is -1.02. The molecule has 1 N–H and O–H groups in total. The van der Waals surface area contributed by atoms with Crippen LogP contribution in [0.2, 0.25) is 0 Å². The van der Waals surface area contributed by atoms with Gasteiger partial charge >= 0.3 is 0 Å². The number of methoxy groups -OCH3 is 1. The molecule has 1 saturated carbocycles. The number of benzene rings is 1. The Balaban J connectivity index is 1.79. The van der Waals surface area contributed by atoms with Crippen molar-refractivity contribution >= 4 is 0 Å². The summed E-state index contributed by atoms with van der Waals surface area (Å²) < 4.78 is 5.45. The number of rotatable bonds is 7. The SMILES string of the molecule is CCCCC(C)NC1CC(c2ccccc2OC)C1. The maximum Gasteiger partial charge on any atom is 0.122 e. The van der Waals surface area contributed by atoms with Crippen molar-refractivity contribution in [2.24, 2.45) is 0 Å². The zero-order valence-electron chi connectivity index (χ0n) is 12.5. The van der Waals surface area contributed by atoms with Crippen LogP contribution in [-0.4, -0.2) is 19.2 Å². The maximum atomic E-state index is 5.45. The molecule has 19 heavy (non-hydrogen) atoms. The van der Waals surface area contributed by atoms with Gasteiger partial charge in [-0.1, -0.05) is 38.0 Å². The number of unbranched alkanes of at least 4 members (excludes halogenated alkanes) is 1. The fraction of sp³-hybridized carbons (Fsp3) is 0.647. The number of para-hydroxylation sites is 1. The van der Waals surface area contributed by atoms with E-state index in [4.69, 9.17) is 4.74 Å². The summed E-state index contributed by atoms with van der Waals surface area (Å²) in [6.45, 7) is 4.57. The quantitative estimate of drug-likeness (QED) is 0.797. The monoisotopic (exact) mass is 261 g/mol. The van der Waals surface area contributed by atoms with Gasteiger partial charge in [-0.25, -0.2) is 0 Å². The molecule has 0 radical (unpaired) electrons. The van der Waals surface area contributed by atoms with Crippen molar-refractivity contribution in [1.82, 2.24) is 5.32 Å². The zero-order chi connectivity index (χ0) is 13.7. The van der Waals surface area contributed by atoms with E-state index < -0.39 is 0 Å². The third kappa shape index (κ3) is 3.73. The highest BCUT2D eigenvalue weighted by Crippen LogP contribution is 2.41. The van der Waals surface area contributed by atoms with Gasteiger partial charge < -0.3 is 10.1 Å². The summed E-state index contributed by atoms with van der Waals surface area (Å²) in [5, 5.41) is 3.75. The first-order chi connectivity index (χ1) is 9.24. The van der Waals surface area contributed by atoms with E-state index in [9.17, 15) is 0 Å². The van der Waals surface area contributed by atoms with Crippen molar-refractivity contribution < 1.29 is 4.74 Å². The van der Waals surface area contributed by atoms with Crippen LogP contribution in [-0.2, 0) is 0 Å². The van der Waals surface area contributed by atoms with Crippen LogP contribution >= 0.6 is 0 Å². The van der Waals surface area contributed by atoms with Crippen molar-refractivity contribution in [1.29, 1.82) is 0 Å². The molecule has 0 bridgehead atoms. The van der Waals surface area contributed by atoms with Crippen LogP contribution in [0.15, 0.2) is 24.3 Å². The molecule has 106 valence electrons. The van der Waals surface area contributed by atoms with Gasteiger partial charge in [0.05, 0.1) is 7.11 Å². The average Bonchev–Trinajstić information content (AvgIpc) is 2.40. The molecule has 0 heterocycles. The minimum absolute atomic E-state index is 0.656. The predicted octanol–water partition coefficient (Wildman–Crippen LogP) is 4.11. The van der Waals surface area contributed by atoms with Gasteiger partial charge in [0.1, 0.15) is 5.75 Å². The largest absolute Gasteiger partial charge is 0.496 e. The second-order valence-corrected chi connectivity index (χ2v) is 5.82. The summed E-state index contributed by atoms with van der Waals surface area (Å²) in [5.41, 5.74) is 1.38. The van der Waals surface area contributed by atoms with Crippen LogP contribution in [0.4, 0.5) is 0 Å². The normalized spacial score (nSPS) is 23.7. The molecule has 1 aromatic rings. The molecule has 1 aromatic carbocycles. The minimum atomic E-state index is 0.656. The summed E-state index contributed by atoms with van der Waals surface area (Å²) in [7, 11) is 1.76. The van der Waals surface area contributed by atoms with E-state index in [-0.39, 0.29) is 0 Å². The van der Waals surface area contributed by atoms with Gasteiger partial charge in [-0.3, -0.25) is 0 Å². The number of hydrogen-bond acceptors (Lipinski definition) is 2. The molecule has 1 aliphatic carbocycles. The van der Waals surface area contributed by atoms with Gasteiger partial charge in [-0.15, -0.1) is 0 Å². The van der Waals surface area contributed by atoms with Gasteiger partial charge in [-0.05, 0) is 43.7 Å². The van der Waals surface area contributed by atoms with E-state index in [2.05, 4.69) is 37.4 Å². The predicted molar refractivity (Wildman–Crippen MR) is 80.9 cm³/mol. The average molecular weight is 261 g/mol. The molecule has 2 heteroatoms. The van der Waals surface area contributed by atoms with Gasteiger partial charge in [0.2, 0.25) is 0 Å². The van der Waals surface area contributed by atoms with E-state index in [1.807, 2.05) is 6.07 Å². The topological polar surface area (TPSA) is 21.3 Å². The molecule has 0 aromatic heterocycles. The Morgan fingerprint density at radius 1 is 1.32 bits per heavy atom. The molecule has 0 spiro atoms. The van der Waals surface area contributed by atoms with Crippen LogP contribution in [0, 0.1) is 0 Å². The second-order valence-electron chi connectivity index (χ2n) is 5.82. The minimum Gasteiger partial charge on any atom is -0.496 e. The molecule has 2 rings (SSSR count). The van der Waals surface area contributed by atoms with E-state index in [0.717, 1.165) is 5.75 Å². The molecule has 1 unspecified atom stereocenters. The second kappa shape index (κ2) is 6.95. The molecular formula is C17H27NO. The van der Waals surface area contributed by atoms with E-state index in [1.54, 1.807) is 7.11 Å². The first-order valence-corrected chi connectivity index (χ1v) is 7.63. The summed E-state index contributed by atoms with van der Waals surface area (Å²) in [6.07, 6.45) is 6.41. The molecule has 2 nitrogen and oxygen atoms in total. The van der Waals surface area contributed by atoms with Crippen molar-refractivity contribution in [2.75, 3.05) is 7.11 Å². The Labute approximate surface area is 117 Å². The highest BCUT2D eigenvalue weighted by Gasteiger charge is 2.32. The van der Waals surface area contributed by atoms with E-state index >= 15 is 0 Å². The number of hydrogen-bond donors (Lipinski definition) is 1. The zero-order valence-corrected chi connectivity index (χ0v) is 12.5. The van der Waals surface area contributed by atoms with Crippen molar-refractivity contribution in [3.63, 3.8) is 0 Å². The standard InChI is InChI=1S/C17H27NO/c1-4-5-8-13(2)18-15-11-14(12-15)16-9-6-7-10-17(16)19-3/h6-7,9-10,13-15,18H,4-5,8,11-12H2,1-3H3. The van der Waals surface area contributed by atoms with E-state index in [0.29, 0.717) is 18.0 Å². The summed E-state index contributed by atoms with van der Waals surface area (Å²) in [6, 6.07) is 9.79. The van der Waals surface area contributed by atoms with Crippen molar-refractivity contribution in [3.05, 3.63) is 29.8 Å². The van der Waals surface area contributed by atoms with Crippen LogP contribution in [0.3, 0.4) is 0 Å². The summed E-state index contributed by atoms with van der Waals surface area (Å²) in [4.78, 5) is 0. The lowest BCUT2D eigenvalue weighted by Gasteiger charge is -2.38. The fourth-order valence-corrected chi connectivity index (χ4v) is 3.01. The maximum absolute atomic E-state index is 5.45. The Morgan fingerprint density at radius 2 is 2.05 bits per heavy atom. The molecule has 0 saturated heterocycles. The highest BCUT2D eigenvalue weighted by molar-refractivity contribution is 5.37. The van der Waals surface area contributed by atoms with Gasteiger partial charge in [-0.2, -0.15) is 0 Å². The van der Waals surface area contributed by atoms with Crippen LogP contribution in [0.25, 0.3) is 0 Å². The summed E-state index contributed by atoms with van der Waals surface area (Å²) >= 11 is 0. The molecule has 0 aliphatic heterocycles. The first kappa shape index (κ1) is 14.4. The molecule has 1 fully saturated rings.